The van der Waals surface area contributed by atoms with E-state index in [4.69, 9.17) is 11.6 Å². The summed E-state index contributed by atoms with van der Waals surface area (Å²) in [6.07, 6.45) is 0.415. The summed E-state index contributed by atoms with van der Waals surface area (Å²) in [6, 6.07) is 18.2. The monoisotopic (exact) mass is 568 g/mol. The third-order valence-electron chi connectivity index (χ3n) is 6.91. The van der Waals surface area contributed by atoms with E-state index in [1.165, 1.54) is 16.7 Å². The first kappa shape index (κ1) is 28.7. The average Bonchev–Trinajstić information content (AvgIpc) is 3.49. The molecule has 3 unspecified atom stereocenters. The summed E-state index contributed by atoms with van der Waals surface area (Å²) in [5, 5.41) is 17.7. The number of carbonyl (C=O) groups is 3. The summed E-state index contributed by atoms with van der Waals surface area (Å²) < 4.78 is 1.07. The minimum atomic E-state index is -1.57. The molecule has 0 aliphatic carbocycles. The highest BCUT2D eigenvalue weighted by Gasteiger charge is 2.49. The van der Waals surface area contributed by atoms with Crippen LogP contribution in [0, 0.1) is 0 Å². The van der Waals surface area contributed by atoms with Crippen molar-refractivity contribution < 1.29 is 19.5 Å². The van der Waals surface area contributed by atoms with Gasteiger partial charge >= 0.3 is 0 Å². The van der Waals surface area contributed by atoms with Gasteiger partial charge in [0.1, 0.15) is 11.7 Å². The van der Waals surface area contributed by atoms with Crippen molar-refractivity contribution in [1.29, 1.82) is 0 Å². The van der Waals surface area contributed by atoms with E-state index in [0.29, 0.717) is 10.7 Å². The van der Waals surface area contributed by atoms with Crippen LogP contribution in [0.15, 0.2) is 72.9 Å². The summed E-state index contributed by atoms with van der Waals surface area (Å²) in [5.74, 6) is -1.12. The summed E-state index contributed by atoms with van der Waals surface area (Å²) in [4.78, 5) is 41.6. The topological polar surface area (TPSA) is 104 Å². The molecule has 206 valence electrons. The minimum Gasteiger partial charge on any atom is -0.381 e. The van der Waals surface area contributed by atoms with E-state index in [-0.39, 0.29) is 24.7 Å². The Labute approximate surface area is 237 Å². The maximum atomic E-state index is 13.7. The van der Waals surface area contributed by atoms with E-state index in [9.17, 15) is 19.5 Å². The SMILES string of the molecule is Cn1cccc1C(=O)NC(Cc1ccccc1)C(O)C(=O)N1CSC(C)(C)C1C(=O)NCc1ccccc1Cl. The molecule has 3 amide bonds. The molecule has 39 heavy (non-hydrogen) atoms. The number of amides is 3. The van der Waals surface area contributed by atoms with Gasteiger partial charge < -0.3 is 25.2 Å². The molecule has 1 aromatic heterocycles. The Bertz CT molecular complexity index is 1330. The minimum absolute atomic E-state index is 0.212. The van der Waals surface area contributed by atoms with Crippen molar-refractivity contribution in [1.82, 2.24) is 20.1 Å². The van der Waals surface area contributed by atoms with Gasteiger partial charge in [-0.05, 0) is 49.6 Å². The van der Waals surface area contributed by atoms with Crippen molar-refractivity contribution in [2.24, 2.45) is 7.05 Å². The predicted molar refractivity (Wildman–Crippen MR) is 153 cm³/mol. The third-order valence-corrected chi connectivity index (χ3v) is 8.66. The first-order valence-electron chi connectivity index (χ1n) is 12.7. The van der Waals surface area contributed by atoms with E-state index in [2.05, 4.69) is 10.6 Å². The fourth-order valence-corrected chi connectivity index (χ4v) is 6.07. The second kappa shape index (κ2) is 12.3. The largest absolute Gasteiger partial charge is 0.381 e. The Morgan fingerprint density at radius 2 is 1.77 bits per heavy atom. The lowest BCUT2D eigenvalue weighted by Gasteiger charge is -2.33. The third kappa shape index (κ3) is 6.66. The summed E-state index contributed by atoms with van der Waals surface area (Å²) >= 11 is 7.71. The number of aliphatic hydroxyl groups excluding tert-OH is 1. The molecule has 1 saturated heterocycles. The number of nitrogens with one attached hydrogen (secondary N) is 2. The number of aliphatic hydroxyl groups is 1. The summed E-state index contributed by atoms with van der Waals surface area (Å²) in [6.45, 7) is 4.01. The van der Waals surface area contributed by atoms with Gasteiger partial charge in [-0.15, -0.1) is 11.8 Å². The molecule has 0 saturated carbocycles. The number of nitrogens with zero attached hydrogens (tertiary/aromatic N) is 2. The Morgan fingerprint density at radius 3 is 2.44 bits per heavy atom. The number of aryl methyl sites for hydroxylation is 1. The van der Waals surface area contributed by atoms with Crippen LogP contribution in [-0.2, 0) is 29.6 Å². The number of aromatic nitrogens is 1. The Kier molecular flexibility index (Phi) is 9.04. The molecule has 4 rings (SSSR count). The summed E-state index contributed by atoms with van der Waals surface area (Å²) in [5.41, 5.74) is 2.02. The Morgan fingerprint density at radius 1 is 1.08 bits per heavy atom. The maximum absolute atomic E-state index is 13.7. The molecule has 3 atom stereocenters. The van der Waals surface area contributed by atoms with E-state index in [1.807, 2.05) is 62.4 Å². The fourth-order valence-electron chi connectivity index (χ4n) is 4.72. The molecule has 10 heteroatoms. The van der Waals surface area contributed by atoms with Gasteiger partial charge in [-0.3, -0.25) is 14.4 Å². The van der Waals surface area contributed by atoms with Crippen LogP contribution in [0.5, 0.6) is 0 Å². The first-order chi connectivity index (χ1) is 18.6. The Hall–Kier alpha value is -3.27. The van der Waals surface area contributed by atoms with Crippen LogP contribution in [0.25, 0.3) is 0 Å². The van der Waals surface area contributed by atoms with E-state index >= 15 is 0 Å². The van der Waals surface area contributed by atoms with Crippen LogP contribution in [-0.4, -0.2) is 61.1 Å². The number of benzene rings is 2. The highest BCUT2D eigenvalue weighted by atomic mass is 35.5. The smallest absolute Gasteiger partial charge is 0.268 e. The first-order valence-corrected chi connectivity index (χ1v) is 14.0. The van der Waals surface area contributed by atoms with E-state index in [1.54, 1.807) is 36.0 Å². The van der Waals surface area contributed by atoms with Crippen LogP contribution in [0.2, 0.25) is 5.02 Å². The quantitative estimate of drug-likeness (QED) is 0.367. The lowest BCUT2D eigenvalue weighted by Crippen LogP contribution is -2.58. The van der Waals surface area contributed by atoms with Gasteiger partial charge in [0, 0.05) is 29.6 Å². The second-order valence-electron chi connectivity index (χ2n) is 10.1. The van der Waals surface area contributed by atoms with Crippen LogP contribution in [0.3, 0.4) is 0 Å². The number of hydrogen-bond donors (Lipinski definition) is 3. The van der Waals surface area contributed by atoms with Crippen LogP contribution in [0.4, 0.5) is 0 Å². The zero-order valence-electron chi connectivity index (χ0n) is 22.1. The molecule has 0 radical (unpaired) electrons. The lowest BCUT2D eigenvalue weighted by molar-refractivity contribution is -0.147. The molecule has 1 aliphatic heterocycles. The van der Waals surface area contributed by atoms with E-state index in [0.717, 1.165) is 11.1 Å². The number of thioether (sulfide) groups is 1. The number of hydrogen-bond acceptors (Lipinski definition) is 5. The van der Waals surface area contributed by atoms with Crippen LogP contribution >= 0.6 is 23.4 Å². The van der Waals surface area contributed by atoms with Crippen molar-refractivity contribution in [3.8, 4) is 0 Å². The highest BCUT2D eigenvalue weighted by Crippen LogP contribution is 2.40. The van der Waals surface area contributed by atoms with Gasteiger partial charge in [0.15, 0.2) is 6.10 Å². The van der Waals surface area contributed by atoms with Crippen LogP contribution in [0.1, 0.15) is 35.5 Å². The lowest BCUT2D eigenvalue weighted by atomic mass is 9.97. The van der Waals surface area contributed by atoms with Crippen molar-refractivity contribution in [2.45, 2.75) is 49.7 Å². The molecule has 1 fully saturated rings. The fraction of sp³-hybridized carbons (Fsp3) is 0.345. The highest BCUT2D eigenvalue weighted by molar-refractivity contribution is 8.00. The van der Waals surface area contributed by atoms with Crippen molar-refractivity contribution in [3.63, 3.8) is 0 Å². The maximum Gasteiger partial charge on any atom is 0.268 e. The molecule has 8 nitrogen and oxygen atoms in total. The van der Waals surface area contributed by atoms with Gasteiger partial charge in [-0.25, -0.2) is 0 Å². The van der Waals surface area contributed by atoms with Crippen molar-refractivity contribution >= 4 is 41.1 Å². The molecule has 0 bridgehead atoms. The molecule has 2 aromatic carbocycles. The summed E-state index contributed by atoms with van der Waals surface area (Å²) in [7, 11) is 1.75. The molecule has 2 heterocycles. The second-order valence-corrected chi connectivity index (χ2v) is 12.1. The van der Waals surface area contributed by atoms with Gasteiger partial charge in [-0.2, -0.15) is 0 Å². The molecule has 3 aromatic rings. The predicted octanol–water partition coefficient (Wildman–Crippen LogP) is 3.38. The van der Waals surface area contributed by atoms with Gasteiger partial charge in [-0.1, -0.05) is 60.1 Å². The normalized spacial score (nSPS) is 17.9. The molecule has 1 aliphatic rings. The average molecular weight is 569 g/mol. The zero-order valence-corrected chi connectivity index (χ0v) is 23.7. The standard InChI is InChI=1S/C29H33ClN4O4S/c1-29(2)25(27(37)31-17-20-12-7-8-13-21(20)30)34(18-39-29)28(38)24(35)22(16-19-10-5-4-6-11-19)32-26(36)23-14-9-15-33(23)3/h4-15,22,24-25,35H,16-18H2,1-3H3,(H,31,37)(H,32,36). The molecular weight excluding hydrogens is 536 g/mol. The van der Waals surface area contributed by atoms with Gasteiger partial charge in [0.05, 0.1) is 11.9 Å². The molecule has 0 spiro atoms. The van der Waals surface area contributed by atoms with Crippen molar-refractivity contribution in [2.75, 3.05) is 5.88 Å². The van der Waals surface area contributed by atoms with Crippen molar-refractivity contribution in [3.05, 3.63) is 94.8 Å². The molecule has 3 N–H and O–H groups in total. The zero-order chi connectivity index (χ0) is 28.2. The van der Waals surface area contributed by atoms with Gasteiger partial charge in [0.2, 0.25) is 5.91 Å². The van der Waals surface area contributed by atoms with Crippen LogP contribution < -0.4 is 10.6 Å². The number of carbonyl (C=O) groups excluding carboxylic acids is 3. The molecular formula is C29H33ClN4O4S. The van der Waals surface area contributed by atoms with E-state index < -0.39 is 34.7 Å². The number of rotatable bonds is 9. The van der Waals surface area contributed by atoms with Gasteiger partial charge in [0.25, 0.3) is 11.8 Å². The Balaban J connectivity index is 1.54. The number of halogens is 1.